The Balaban J connectivity index is 2.59. The summed E-state index contributed by atoms with van der Waals surface area (Å²) < 4.78 is 5.47. The summed E-state index contributed by atoms with van der Waals surface area (Å²) in [7, 11) is 0. The molecule has 0 atom stereocenters. The van der Waals surface area contributed by atoms with Crippen LogP contribution < -0.4 is 0 Å². The molecular weight excluding hydrogens is 248 g/mol. The molecule has 0 spiro atoms. The molecule has 104 valence electrons. The first-order valence-corrected chi connectivity index (χ1v) is 6.70. The number of ether oxygens (including phenoxy) is 1. The number of carbonyl (C=O) groups excluding carboxylic acids is 1. The minimum atomic E-state index is -0.495. The fourth-order valence-corrected chi connectivity index (χ4v) is 2.18. The van der Waals surface area contributed by atoms with E-state index < -0.39 is 5.60 Å². The molecule has 0 amide bonds. The Bertz CT molecular complexity index is 675. The number of esters is 1. The van der Waals surface area contributed by atoms with Crippen LogP contribution in [0.1, 0.15) is 43.6 Å². The molecule has 0 fully saturated rings. The van der Waals surface area contributed by atoms with E-state index in [1.807, 2.05) is 64.1 Å². The maximum absolute atomic E-state index is 12.3. The van der Waals surface area contributed by atoms with Crippen molar-refractivity contribution < 1.29 is 9.53 Å². The maximum Gasteiger partial charge on any atom is 0.339 e. The third-order valence-electron chi connectivity index (χ3n) is 3.00. The first-order chi connectivity index (χ1) is 9.29. The maximum atomic E-state index is 12.3. The highest BCUT2D eigenvalue weighted by atomic mass is 16.6. The summed E-state index contributed by atoms with van der Waals surface area (Å²) in [5.41, 5.74) is 2.15. The van der Waals surface area contributed by atoms with Crippen molar-refractivity contribution in [2.75, 3.05) is 0 Å². The van der Waals surface area contributed by atoms with E-state index in [1.54, 1.807) is 0 Å². The number of hydrogen-bond acceptors (Lipinski definition) is 2. The third kappa shape index (κ3) is 2.90. The first kappa shape index (κ1) is 14.3. The zero-order valence-electron chi connectivity index (χ0n) is 12.5. The molecule has 0 aromatic heterocycles. The predicted molar refractivity (Wildman–Crippen MR) is 83.8 cm³/mol. The van der Waals surface area contributed by atoms with E-state index in [1.165, 1.54) is 0 Å². The summed E-state index contributed by atoms with van der Waals surface area (Å²) in [5, 5.41) is 1.94. The SMILES string of the molecule is C=C(C)c1ccc(C(=O)OC(C)(C)C)c2ccccc12. The molecule has 2 rings (SSSR count). The van der Waals surface area contributed by atoms with Crippen LogP contribution >= 0.6 is 0 Å². The van der Waals surface area contributed by atoms with E-state index in [0.29, 0.717) is 5.56 Å². The minimum absolute atomic E-state index is 0.290. The monoisotopic (exact) mass is 268 g/mol. The van der Waals surface area contributed by atoms with E-state index in [9.17, 15) is 4.79 Å². The molecule has 20 heavy (non-hydrogen) atoms. The van der Waals surface area contributed by atoms with Gasteiger partial charge >= 0.3 is 5.97 Å². The summed E-state index contributed by atoms with van der Waals surface area (Å²) in [6.45, 7) is 11.6. The average Bonchev–Trinajstić information content (AvgIpc) is 2.35. The van der Waals surface area contributed by atoms with Crippen LogP contribution in [0.25, 0.3) is 16.3 Å². The van der Waals surface area contributed by atoms with Gasteiger partial charge in [0.25, 0.3) is 0 Å². The Morgan fingerprint density at radius 2 is 1.50 bits per heavy atom. The van der Waals surface area contributed by atoms with Gasteiger partial charge in [0.05, 0.1) is 5.56 Å². The number of rotatable bonds is 2. The van der Waals surface area contributed by atoms with Crippen molar-refractivity contribution in [2.24, 2.45) is 0 Å². The van der Waals surface area contributed by atoms with Crippen molar-refractivity contribution in [3.63, 3.8) is 0 Å². The normalized spacial score (nSPS) is 11.4. The van der Waals surface area contributed by atoms with Crippen LogP contribution in [0.2, 0.25) is 0 Å². The van der Waals surface area contributed by atoms with Crippen molar-refractivity contribution >= 4 is 22.3 Å². The average molecular weight is 268 g/mol. The Morgan fingerprint density at radius 1 is 1.00 bits per heavy atom. The standard InChI is InChI=1S/C18H20O2/c1-12(2)13-10-11-16(17(19)20-18(3,4)5)15-9-7-6-8-14(13)15/h6-11H,1H2,2-5H3. The molecular formula is C18H20O2. The van der Waals surface area contributed by atoms with Gasteiger partial charge in [-0.25, -0.2) is 4.79 Å². The molecule has 0 unspecified atom stereocenters. The molecule has 2 aromatic carbocycles. The number of allylic oxidation sites excluding steroid dienone is 1. The quantitative estimate of drug-likeness (QED) is 0.729. The van der Waals surface area contributed by atoms with Gasteiger partial charge in [0.1, 0.15) is 5.60 Å². The van der Waals surface area contributed by atoms with Gasteiger partial charge in [-0.15, -0.1) is 0 Å². The van der Waals surface area contributed by atoms with Gasteiger partial charge in [0.2, 0.25) is 0 Å². The fourth-order valence-electron chi connectivity index (χ4n) is 2.18. The van der Waals surface area contributed by atoms with E-state index >= 15 is 0 Å². The van der Waals surface area contributed by atoms with Crippen LogP contribution in [0, 0.1) is 0 Å². The van der Waals surface area contributed by atoms with E-state index in [2.05, 4.69) is 6.58 Å². The van der Waals surface area contributed by atoms with Crippen LogP contribution in [-0.2, 0) is 4.74 Å². The minimum Gasteiger partial charge on any atom is -0.456 e. The van der Waals surface area contributed by atoms with Gasteiger partial charge in [-0.1, -0.05) is 42.5 Å². The first-order valence-electron chi connectivity index (χ1n) is 6.70. The topological polar surface area (TPSA) is 26.3 Å². The summed E-state index contributed by atoms with van der Waals surface area (Å²) in [4.78, 5) is 12.3. The highest BCUT2D eigenvalue weighted by molar-refractivity contribution is 6.07. The summed E-state index contributed by atoms with van der Waals surface area (Å²) >= 11 is 0. The van der Waals surface area contributed by atoms with Crippen LogP contribution in [0.15, 0.2) is 43.0 Å². The fraction of sp³-hybridized carbons (Fsp3) is 0.278. The molecule has 0 heterocycles. The second-order valence-electron chi connectivity index (χ2n) is 5.99. The van der Waals surface area contributed by atoms with Gasteiger partial charge < -0.3 is 4.74 Å². The van der Waals surface area contributed by atoms with Crippen LogP contribution in [0.5, 0.6) is 0 Å². The lowest BCUT2D eigenvalue weighted by Crippen LogP contribution is -2.24. The van der Waals surface area contributed by atoms with Crippen LogP contribution in [0.4, 0.5) is 0 Å². The van der Waals surface area contributed by atoms with Crippen molar-refractivity contribution in [1.82, 2.24) is 0 Å². The van der Waals surface area contributed by atoms with Crippen LogP contribution in [-0.4, -0.2) is 11.6 Å². The molecule has 0 saturated carbocycles. The third-order valence-corrected chi connectivity index (χ3v) is 3.00. The molecule has 2 heteroatoms. The molecule has 0 aliphatic rings. The summed E-state index contributed by atoms with van der Waals surface area (Å²) in [5.74, 6) is -0.290. The molecule has 0 aliphatic heterocycles. The zero-order valence-corrected chi connectivity index (χ0v) is 12.5. The number of hydrogen-bond donors (Lipinski definition) is 0. The molecule has 2 aromatic rings. The van der Waals surface area contributed by atoms with Crippen molar-refractivity contribution in [3.05, 3.63) is 54.1 Å². The lowest BCUT2D eigenvalue weighted by atomic mass is 9.96. The Kier molecular flexibility index (Phi) is 3.67. The van der Waals surface area contributed by atoms with E-state index in [4.69, 9.17) is 4.74 Å². The molecule has 0 saturated heterocycles. The van der Waals surface area contributed by atoms with Crippen LogP contribution in [0.3, 0.4) is 0 Å². The second kappa shape index (κ2) is 5.12. The highest BCUT2D eigenvalue weighted by Gasteiger charge is 2.20. The number of carbonyl (C=O) groups is 1. The zero-order chi connectivity index (χ0) is 14.9. The van der Waals surface area contributed by atoms with Gasteiger partial charge in [-0.2, -0.15) is 0 Å². The molecule has 0 bridgehead atoms. The summed E-state index contributed by atoms with van der Waals surface area (Å²) in [6.07, 6.45) is 0. The van der Waals surface area contributed by atoms with Gasteiger partial charge in [0.15, 0.2) is 0 Å². The Hall–Kier alpha value is -2.09. The Morgan fingerprint density at radius 3 is 2.00 bits per heavy atom. The molecule has 0 aliphatic carbocycles. The largest absolute Gasteiger partial charge is 0.456 e. The van der Waals surface area contributed by atoms with Crippen molar-refractivity contribution in [1.29, 1.82) is 0 Å². The smallest absolute Gasteiger partial charge is 0.339 e. The predicted octanol–water partition coefficient (Wildman–Crippen LogP) is 4.83. The lowest BCUT2D eigenvalue weighted by Gasteiger charge is -2.20. The number of fused-ring (bicyclic) bond motifs is 1. The van der Waals surface area contributed by atoms with Crippen molar-refractivity contribution in [3.8, 4) is 0 Å². The second-order valence-corrected chi connectivity index (χ2v) is 5.99. The lowest BCUT2D eigenvalue weighted by molar-refractivity contribution is 0.00719. The van der Waals surface area contributed by atoms with E-state index in [-0.39, 0.29) is 5.97 Å². The van der Waals surface area contributed by atoms with Gasteiger partial charge in [-0.05, 0) is 50.1 Å². The van der Waals surface area contributed by atoms with Crippen molar-refractivity contribution in [2.45, 2.75) is 33.3 Å². The Labute approximate surface area is 120 Å². The van der Waals surface area contributed by atoms with Gasteiger partial charge in [-0.3, -0.25) is 0 Å². The molecule has 0 radical (unpaired) electrons. The molecule has 0 N–H and O–H groups in total. The van der Waals surface area contributed by atoms with Gasteiger partial charge in [0, 0.05) is 0 Å². The number of benzene rings is 2. The van der Waals surface area contributed by atoms with E-state index in [0.717, 1.165) is 21.9 Å². The molecule has 2 nitrogen and oxygen atoms in total. The highest BCUT2D eigenvalue weighted by Crippen LogP contribution is 2.28. The summed E-state index contributed by atoms with van der Waals surface area (Å²) in [6, 6.07) is 11.6.